The summed E-state index contributed by atoms with van der Waals surface area (Å²) in [5.41, 5.74) is 1.69. The summed E-state index contributed by atoms with van der Waals surface area (Å²) in [6.07, 6.45) is -0.503. The van der Waals surface area contributed by atoms with Crippen LogP contribution in [0.5, 0.6) is 11.5 Å². The van der Waals surface area contributed by atoms with Crippen LogP contribution < -0.4 is 9.47 Å². The highest BCUT2D eigenvalue weighted by molar-refractivity contribution is 5.72. The summed E-state index contributed by atoms with van der Waals surface area (Å²) >= 11 is 0. The molecule has 0 saturated carbocycles. The van der Waals surface area contributed by atoms with E-state index in [1.165, 1.54) is 7.11 Å². The lowest BCUT2D eigenvalue weighted by molar-refractivity contribution is -0.146. The molecule has 0 fully saturated rings. The number of aliphatic hydroxyl groups excluding tert-OH is 1. The van der Waals surface area contributed by atoms with E-state index in [1.807, 2.05) is 13.0 Å². The Bertz CT molecular complexity index is 469. The van der Waals surface area contributed by atoms with Gasteiger partial charge in [-0.3, -0.25) is 0 Å². The minimum atomic E-state index is -1.43. The Morgan fingerprint density at radius 3 is 2.94 bits per heavy atom. The number of ether oxygens (including phenoxy) is 2. The van der Waals surface area contributed by atoms with Gasteiger partial charge in [-0.25, -0.2) is 4.79 Å². The Kier molecular flexibility index (Phi) is 3.43. The first-order valence-electron chi connectivity index (χ1n) is 5.78. The fourth-order valence-electron chi connectivity index (χ4n) is 2.13. The lowest BCUT2D eigenvalue weighted by Crippen LogP contribution is -2.22. The highest BCUT2D eigenvalue weighted by Crippen LogP contribution is 2.35. The molecular weight excluding hydrogens is 236 g/mol. The second-order valence-corrected chi connectivity index (χ2v) is 4.46. The van der Waals surface area contributed by atoms with E-state index in [4.69, 9.17) is 14.6 Å². The maximum atomic E-state index is 10.7. The van der Waals surface area contributed by atoms with Crippen molar-refractivity contribution in [1.29, 1.82) is 0 Å². The van der Waals surface area contributed by atoms with Crippen LogP contribution in [0.15, 0.2) is 12.1 Å². The van der Waals surface area contributed by atoms with Crippen molar-refractivity contribution >= 4 is 5.97 Å². The van der Waals surface area contributed by atoms with Gasteiger partial charge in [0.15, 0.2) is 6.10 Å². The molecule has 5 nitrogen and oxygen atoms in total. The molecule has 2 N–H and O–H groups in total. The van der Waals surface area contributed by atoms with Crippen LogP contribution in [0.1, 0.15) is 18.1 Å². The number of methoxy groups -OCH3 is 1. The van der Waals surface area contributed by atoms with Gasteiger partial charge >= 0.3 is 5.97 Å². The van der Waals surface area contributed by atoms with E-state index in [-0.39, 0.29) is 12.5 Å². The van der Waals surface area contributed by atoms with E-state index in [2.05, 4.69) is 0 Å². The monoisotopic (exact) mass is 252 g/mol. The molecule has 98 valence electrons. The van der Waals surface area contributed by atoms with Crippen LogP contribution in [0.25, 0.3) is 0 Å². The topological polar surface area (TPSA) is 76.0 Å². The molecule has 2 unspecified atom stereocenters. The minimum absolute atomic E-state index is 0.00350. The lowest BCUT2D eigenvalue weighted by atomic mass is 10.0. The van der Waals surface area contributed by atoms with Crippen LogP contribution in [-0.4, -0.2) is 35.5 Å². The normalized spacial score (nSPS) is 18.9. The first kappa shape index (κ1) is 12.7. The molecule has 5 heteroatoms. The summed E-state index contributed by atoms with van der Waals surface area (Å²) in [6.45, 7) is 1.97. The summed E-state index contributed by atoms with van der Waals surface area (Å²) < 4.78 is 10.8. The molecule has 1 aromatic carbocycles. The predicted molar refractivity (Wildman–Crippen MR) is 64.1 cm³/mol. The van der Waals surface area contributed by atoms with Crippen molar-refractivity contribution in [2.45, 2.75) is 32.0 Å². The number of hydrogen-bond acceptors (Lipinski definition) is 4. The third kappa shape index (κ3) is 2.41. The van der Waals surface area contributed by atoms with Crippen molar-refractivity contribution in [1.82, 2.24) is 0 Å². The first-order chi connectivity index (χ1) is 8.51. The molecule has 0 aromatic heterocycles. The number of carbonyl (C=O) groups is 1. The van der Waals surface area contributed by atoms with Gasteiger partial charge in [-0.2, -0.15) is 0 Å². The zero-order valence-electron chi connectivity index (χ0n) is 10.3. The SMILES string of the molecule is COc1cc2c(cc1CC(O)C(=O)O)OC(C)C2. The van der Waals surface area contributed by atoms with E-state index in [1.54, 1.807) is 6.07 Å². The van der Waals surface area contributed by atoms with Gasteiger partial charge in [-0.1, -0.05) is 0 Å². The summed E-state index contributed by atoms with van der Waals surface area (Å²) in [7, 11) is 1.53. The van der Waals surface area contributed by atoms with Gasteiger partial charge in [0.25, 0.3) is 0 Å². The Balaban J connectivity index is 2.30. The molecule has 1 aromatic rings. The van der Waals surface area contributed by atoms with Gasteiger partial charge in [0, 0.05) is 24.0 Å². The summed E-state index contributed by atoms with van der Waals surface area (Å²) in [5.74, 6) is 0.0921. The smallest absolute Gasteiger partial charge is 0.332 e. The van der Waals surface area contributed by atoms with E-state index in [9.17, 15) is 9.90 Å². The maximum absolute atomic E-state index is 10.7. The van der Waals surface area contributed by atoms with Crippen LogP contribution in [0.4, 0.5) is 0 Å². The number of carboxylic acids is 1. The van der Waals surface area contributed by atoms with E-state index in [0.717, 1.165) is 17.7 Å². The Morgan fingerprint density at radius 2 is 2.33 bits per heavy atom. The molecule has 0 aliphatic carbocycles. The Labute approximate surface area is 105 Å². The molecule has 1 aliphatic heterocycles. The van der Waals surface area contributed by atoms with Gasteiger partial charge in [0.05, 0.1) is 7.11 Å². The van der Waals surface area contributed by atoms with Gasteiger partial charge in [-0.15, -0.1) is 0 Å². The summed E-state index contributed by atoms with van der Waals surface area (Å²) in [5, 5.41) is 18.1. The number of rotatable bonds is 4. The molecule has 2 rings (SSSR count). The largest absolute Gasteiger partial charge is 0.496 e. The molecule has 0 amide bonds. The third-order valence-corrected chi connectivity index (χ3v) is 3.00. The van der Waals surface area contributed by atoms with Crippen molar-refractivity contribution < 1.29 is 24.5 Å². The first-order valence-corrected chi connectivity index (χ1v) is 5.78. The summed E-state index contributed by atoms with van der Waals surface area (Å²) in [4.78, 5) is 10.7. The number of hydrogen-bond donors (Lipinski definition) is 2. The predicted octanol–water partition coefficient (Wildman–Crippen LogP) is 1.01. The van der Waals surface area contributed by atoms with Gasteiger partial charge in [-0.05, 0) is 19.1 Å². The maximum Gasteiger partial charge on any atom is 0.332 e. The van der Waals surface area contributed by atoms with Crippen LogP contribution in [0, 0.1) is 0 Å². The van der Waals surface area contributed by atoms with Crippen molar-refractivity contribution in [2.24, 2.45) is 0 Å². The van der Waals surface area contributed by atoms with Crippen molar-refractivity contribution in [3.63, 3.8) is 0 Å². The molecule has 1 aliphatic rings. The zero-order valence-corrected chi connectivity index (χ0v) is 10.3. The molecule has 0 radical (unpaired) electrons. The lowest BCUT2D eigenvalue weighted by Gasteiger charge is -2.12. The van der Waals surface area contributed by atoms with E-state index in [0.29, 0.717) is 11.3 Å². The molecule has 0 saturated heterocycles. The molecular formula is C13H16O5. The average molecular weight is 252 g/mol. The number of fused-ring (bicyclic) bond motifs is 1. The average Bonchev–Trinajstić information content (AvgIpc) is 2.66. The van der Waals surface area contributed by atoms with Crippen LogP contribution in [-0.2, 0) is 17.6 Å². The van der Waals surface area contributed by atoms with Crippen LogP contribution >= 0.6 is 0 Å². The number of aliphatic hydroxyl groups is 1. The number of carboxylic acid groups (broad SMARTS) is 1. The van der Waals surface area contributed by atoms with Gasteiger partial charge in [0.2, 0.25) is 0 Å². The molecule has 1 heterocycles. The minimum Gasteiger partial charge on any atom is -0.496 e. The van der Waals surface area contributed by atoms with Crippen LogP contribution in [0.2, 0.25) is 0 Å². The fraction of sp³-hybridized carbons (Fsp3) is 0.462. The van der Waals surface area contributed by atoms with E-state index >= 15 is 0 Å². The van der Waals surface area contributed by atoms with Gasteiger partial charge in [0.1, 0.15) is 17.6 Å². The van der Waals surface area contributed by atoms with Crippen molar-refractivity contribution in [3.8, 4) is 11.5 Å². The molecule has 0 bridgehead atoms. The van der Waals surface area contributed by atoms with Crippen LogP contribution in [0.3, 0.4) is 0 Å². The van der Waals surface area contributed by atoms with Gasteiger partial charge < -0.3 is 19.7 Å². The van der Waals surface area contributed by atoms with Crippen molar-refractivity contribution in [2.75, 3.05) is 7.11 Å². The van der Waals surface area contributed by atoms with E-state index < -0.39 is 12.1 Å². The third-order valence-electron chi connectivity index (χ3n) is 3.00. The molecule has 2 atom stereocenters. The zero-order chi connectivity index (χ0) is 13.3. The Morgan fingerprint density at radius 1 is 1.61 bits per heavy atom. The molecule has 18 heavy (non-hydrogen) atoms. The quantitative estimate of drug-likeness (QED) is 0.836. The second kappa shape index (κ2) is 4.86. The van der Waals surface area contributed by atoms with Crippen molar-refractivity contribution in [3.05, 3.63) is 23.3 Å². The number of benzene rings is 1. The summed E-state index contributed by atoms with van der Waals surface area (Å²) in [6, 6.07) is 3.60. The fourth-order valence-corrected chi connectivity index (χ4v) is 2.13. The number of aliphatic carboxylic acids is 1. The highest BCUT2D eigenvalue weighted by Gasteiger charge is 2.23. The Hall–Kier alpha value is -1.75. The highest BCUT2D eigenvalue weighted by atomic mass is 16.5. The second-order valence-electron chi connectivity index (χ2n) is 4.46. The molecule has 0 spiro atoms. The standard InChI is InChI=1S/C13H16O5/c1-7-3-8-5-11(17-2)9(6-12(8)18-7)4-10(14)13(15)16/h5-7,10,14H,3-4H2,1-2H3,(H,15,16).